The first kappa shape index (κ1) is 17.0. The molecule has 2 atom stereocenters. The van der Waals surface area contributed by atoms with Crippen LogP contribution in [0.2, 0.25) is 0 Å². The second-order valence-corrected chi connectivity index (χ2v) is 5.56. The molecule has 2 amide bonds. The van der Waals surface area contributed by atoms with E-state index in [1.165, 1.54) is 0 Å². The number of rotatable bonds is 7. The Morgan fingerprint density at radius 1 is 1.20 bits per heavy atom. The minimum absolute atomic E-state index is 0.0400. The third-order valence-electron chi connectivity index (χ3n) is 4.03. The number of nitrogens with one attached hydrogen (secondary N) is 1. The quantitative estimate of drug-likeness (QED) is 0.740. The summed E-state index contributed by atoms with van der Waals surface area (Å²) in [6.07, 6.45) is 4.07. The molecule has 1 aliphatic carbocycles. The van der Waals surface area contributed by atoms with Gasteiger partial charge in [0, 0.05) is 32.5 Å². The molecule has 0 aromatic carbocycles. The van der Waals surface area contributed by atoms with Gasteiger partial charge >= 0.3 is 0 Å². The summed E-state index contributed by atoms with van der Waals surface area (Å²) in [5.74, 6) is 0.352. The van der Waals surface area contributed by atoms with Crippen LogP contribution in [0, 0.1) is 5.92 Å². The van der Waals surface area contributed by atoms with Crippen molar-refractivity contribution in [3.8, 4) is 0 Å². The van der Waals surface area contributed by atoms with E-state index in [0.717, 1.165) is 25.7 Å². The summed E-state index contributed by atoms with van der Waals surface area (Å²) in [6.45, 7) is 5.88. The topological polar surface area (TPSA) is 69.6 Å². The van der Waals surface area contributed by atoms with Crippen LogP contribution in [0.1, 0.15) is 52.4 Å². The van der Waals surface area contributed by atoms with E-state index in [0.29, 0.717) is 25.6 Å². The summed E-state index contributed by atoms with van der Waals surface area (Å²) in [6, 6.07) is 0. The van der Waals surface area contributed by atoms with E-state index in [-0.39, 0.29) is 30.8 Å². The molecule has 0 spiro atoms. The first-order valence-corrected chi connectivity index (χ1v) is 7.79. The van der Waals surface area contributed by atoms with Crippen molar-refractivity contribution in [2.45, 2.75) is 58.5 Å². The maximum Gasteiger partial charge on any atom is 0.223 e. The van der Waals surface area contributed by atoms with Crippen LogP contribution in [-0.4, -0.2) is 47.6 Å². The minimum Gasteiger partial charge on any atom is -0.393 e. The normalized spacial score (nSPS) is 22.4. The van der Waals surface area contributed by atoms with Gasteiger partial charge in [-0.1, -0.05) is 6.42 Å². The van der Waals surface area contributed by atoms with Gasteiger partial charge in [0.1, 0.15) is 0 Å². The molecule has 1 aliphatic rings. The number of carbonyl (C=O) groups excluding carboxylic acids is 2. The van der Waals surface area contributed by atoms with Crippen molar-refractivity contribution < 1.29 is 14.7 Å². The molecule has 5 nitrogen and oxygen atoms in total. The van der Waals surface area contributed by atoms with Crippen molar-refractivity contribution in [1.29, 1.82) is 0 Å². The second kappa shape index (κ2) is 8.95. The van der Waals surface area contributed by atoms with Crippen LogP contribution in [-0.2, 0) is 9.59 Å². The predicted octanol–water partition coefficient (Wildman–Crippen LogP) is 1.30. The molecule has 1 fully saturated rings. The van der Waals surface area contributed by atoms with Gasteiger partial charge in [-0.15, -0.1) is 0 Å². The van der Waals surface area contributed by atoms with Gasteiger partial charge in [0.05, 0.1) is 6.10 Å². The second-order valence-electron chi connectivity index (χ2n) is 5.56. The average molecular weight is 284 g/mol. The molecule has 0 aliphatic heterocycles. The van der Waals surface area contributed by atoms with Crippen LogP contribution >= 0.6 is 0 Å². The molecule has 0 aromatic rings. The van der Waals surface area contributed by atoms with E-state index in [9.17, 15) is 14.7 Å². The summed E-state index contributed by atoms with van der Waals surface area (Å²) in [7, 11) is 0. The number of nitrogens with zero attached hydrogens (tertiary/aromatic N) is 1. The highest BCUT2D eigenvalue weighted by atomic mass is 16.3. The molecule has 116 valence electrons. The Kier molecular flexibility index (Phi) is 7.59. The standard InChI is InChI=1S/C15H28N2O3/c1-3-17(4-2)15(20)9-8-14(19)16-11-12-6-5-7-13(18)10-12/h12-13,18H,3-11H2,1-2H3,(H,16,19). The number of hydrogen-bond donors (Lipinski definition) is 2. The Morgan fingerprint density at radius 3 is 2.50 bits per heavy atom. The Balaban J connectivity index is 2.18. The molecule has 0 aromatic heterocycles. The van der Waals surface area contributed by atoms with E-state index < -0.39 is 0 Å². The molecule has 1 rings (SSSR count). The molecule has 0 bridgehead atoms. The summed E-state index contributed by atoms with van der Waals surface area (Å²) in [5, 5.41) is 12.5. The Bertz CT molecular complexity index is 316. The molecule has 0 radical (unpaired) electrons. The van der Waals surface area contributed by atoms with Crippen molar-refractivity contribution in [3.05, 3.63) is 0 Å². The van der Waals surface area contributed by atoms with Crippen molar-refractivity contribution in [3.63, 3.8) is 0 Å². The van der Waals surface area contributed by atoms with Crippen LogP contribution in [0.5, 0.6) is 0 Å². The summed E-state index contributed by atoms with van der Waals surface area (Å²) >= 11 is 0. The first-order chi connectivity index (χ1) is 9.56. The van der Waals surface area contributed by atoms with E-state index >= 15 is 0 Å². The van der Waals surface area contributed by atoms with Gasteiger partial charge < -0.3 is 15.3 Å². The van der Waals surface area contributed by atoms with E-state index in [2.05, 4.69) is 5.32 Å². The Hall–Kier alpha value is -1.10. The molecule has 5 heteroatoms. The van der Waals surface area contributed by atoms with Crippen LogP contribution in [0.4, 0.5) is 0 Å². The first-order valence-electron chi connectivity index (χ1n) is 7.79. The lowest BCUT2D eigenvalue weighted by atomic mass is 9.87. The van der Waals surface area contributed by atoms with Gasteiger partial charge in [0.2, 0.25) is 11.8 Å². The van der Waals surface area contributed by atoms with Crippen molar-refractivity contribution in [2.75, 3.05) is 19.6 Å². The predicted molar refractivity (Wildman–Crippen MR) is 78.1 cm³/mol. The molecule has 2 N–H and O–H groups in total. The zero-order valence-corrected chi connectivity index (χ0v) is 12.7. The molecule has 1 saturated carbocycles. The van der Waals surface area contributed by atoms with Crippen LogP contribution in [0.25, 0.3) is 0 Å². The Labute approximate surface area is 121 Å². The highest BCUT2D eigenvalue weighted by Gasteiger charge is 2.20. The zero-order chi connectivity index (χ0) is 15.0. The van der Waals surface area contributed by atoms with Gasteiger partial charge in [0.25, 0.3) is 0 Å². The van der Waals surface area contributed by atoms with Gasteiger partial charge in [-0.3, -0.25) is 9.59 Å². The van der Waals surface area contributed by atoms with E-state index in [4.69, 9.17) is 0 Å². The van der Waals surface area contributed by atoms with E-state index in [1.54, 1.807) is 4.90 Å². The SMILES string of the molecule is CCN(CC)C(=O)CCC(=O)NCC1CCCC(O)C1. The monoisotopic (exact) mass is 284 g/mol. The van der Waals surface area contributed by atoms with Gasteiger partial charge in [-0.05, 0) is 39.0 Å². The number of hydrogen-bond acceptors (Lipinski definition) is 3. The van der Waals surface area contributed by atoms with Crippen LogP contribution in [0.15, 0.2) is 0 Å². The lowest BCUT2D eigenvalue weighted by Gasteiger charge is -2.26. The third-order valence-corrected chi connectivity index (χ3v) is 4.03. The van der Waals surface area contributed by atoms with E-state index in [1.807, 2.05) is 13.8 Å². The van der Waals surface area contributed by atoms with Crippen molar-refractivity contribution in [1.82, 2.24) is 10.2 Å². The molecule has 20 heavy (non-hydrogen) atoms. The fourth-order valence-corrected chi connectivity index (χ4v) is 2.75. The lowest BCUT2D eigenvalue weighted by molar-refractivity contribution is -0.133. The molecular formula is C15H28N2O3. The highest BCUT2D eigenvalue weighted by Crippen LogP contribution is 2.23. The van der Waals surface area contributed by atoms with Gasteiger partial charge in [0.15, 0.2) is 0 Å². The summed E-state index contributed by atoms with van der Waals surface area (Å²) in [5.41, 5.74) is 0. The Morgan fingerprint density at radius 2 is 1.90 bits per heavy atom. The van der Waals surface area contributed by atoms with Crippen LogP contribution in [0.3, 0.4) is 0 Å². The summed E-state index contributed by atoms with van der Waals surface area (Å²) in [4.78, 5) is 25.2. The maximum absolute atomic E-state index is 11.8. The minimum atomic E-state index is -0.213. The van der Waals surface area contributed by atoms with Gasteiger partial charge in [-0.25, -0.2) is 0 Å². The number of aliphatic hydroxyl groups is 1. The molecule has 0 heterocycles. The lowest BCUT2D eigenvalue weighted by Crippen LogP contribution is -2.34. The molecular weight excluding hydrogens is 256 g/mol. The molecule has 2 unspecified atom stereocenters. The smallest absolute Gasteiger partial charge is 0.223 e. The van der Waals surface area contributed by atoms with Crippen molar-refractivity contribution >= 4 is 11.8 Å². The number of aliphatic hydroxyl groups excluding tert-OH is 1. The van der Waals surface area contributed by atoms with Gasteiger partial charge in [-0.2, -0.15) is 0 Å². The average Bonchev–Trinajstić information content (AvgIpc) is 2.44. The third kappa shape index (κ3) is 5.90. The number of amides is 2. The highest BCUT2D eigenvalue weighted by molar-refractivity contribution is 5.83. The van der Waals surface area contributed by atoms with Crippen molar-refractivity contribution in [2.24, 2.45) is 5.92 Å². The number of carbonyl (C=O) groups is 2. The fourth-order valence-electron chi connectivity index (χ4n) is 2.75. The maximum atomic E-state index is 11.8. The zero-order valence-electron chi connectivity index (χ0n) is 12.7. The fraction of sp³-hybridized carbons (Fsp3) is 0.867. The molecule has 0 saturated heterocycles. The summed E-state index contributed by atoms with van der Waals surface area (Å²) < 4.78 is 0. The largest absolute Gasteiger partial charge is 0.393 e. The van der Waals surface area contributed by atoms with Crippen LogP contribution < -0.4 is 5.32 Å².